The van der Waals surface area contributed by atoms with Crippen LogP contribution in [0.15, 0.2) is 36.4 Å². The van der Waals surface area contributed by atoms with Gasteiger partial charge in [-0.05, 0) is 36.8 Å². The largest absolute Gasteiger partial charge is 0.507 e. The molecule has 0 fully saturated rings. The Kier molecular flexibility index (Phi) is 11.7. The van der Waals surface area contributed by atoms with Crippen molar-refractivity contribution >= 4 is 51.5 Å². The molecule has 0 aliphatic carbocycles. The van der Waals surface area contributed by atoms with Gasteiger partial charge < -0.3 is 20.5 Å². The number of thioether (sulfide) groups is 2. The van der Waals surface area contributed by atoms with E-state index in [1.807, 2.05) is 0 Å². The summed E-state index contributed by atoms with van der Waals surface area (Å²) in [5, 5.41) is 13.8. The van der Waals surface area contributed by atoms with Gasteiger partial charge in [-0.25, -0.2) is 13.6 Å². The molecular formula is C25H26F2N2O7S2. The zero-order chi connectivity index (χ0) is 28.4. The molecule has 2 atom stereocenters. The first kappa shape index (κ1) is 30.8. The molecule has 0 spiro atoms. The van der Waals surface area contributed by atoms with E-state index in [2.05, 4.69) is 10.6 Å². The second-order valence-corrected chi connectivity index (χ2v) is 9.86. The number of esters is 1. The molecule has 0 aliphatic rings. The van der Waals surface area contributed by atoms with Crippen LogP contribution in [0.25, 0.3) is 11.1 Å². The standard InChI is InChI=1S/C25H26F2N2O7S2/c1-4-36-23(33)20(28-13(2)30)11-38-25(35)21(29-14(3)31)12-37-24(34)18-9-15(5-8-22(18)32)17-7-6-16(26)10-19(17)27/h5-10,20-21,32H,4,11-12H2,1-3H3,(H,28,30)(H,29,31). The summed E-state index contributed by atoms with van der Waals surface area (Å²) in [5.41, 5.74) is 0.0617. The number of hydrogen-bond donors (Lipinski definition) is 3. The normalized spacial score (nSPS) is 12.2. The minimum absolute atomic E-state index is 0.0171. The lowest BCUT2D eigenvalue weighted by Crippen LogP contribution is -2.44. The van der Waals surface area contributed by atoms with Crippen molar-refractivity contribution in [3.8, 4) is 16.9 Å². The molecular weight excluding hydrogens is 542 g/mol. The van der Waals surface area contributed by atoms with Crippen LogP contribution in [0.5, 0.6) is 5.75 Å². The molecule has 2 unspecified atom stereocenters. The van der Waals surface area contributed by atoms with Crippen LogP contribution in [-0.2, 0) is 23.9 Å². The number of ether oxygens (including phenoxy) is 1. The molecule has 0 aliphatic heterocycles. The lowest BCUT2D eigenvalue weighted by molar-refractivity contribution is -0.146. The van der Waals surface area contributed by atoms with Gasteiger partial charge in [-0.2, -0.15) is 0 Å². The van der Waals surface area contributed by atoms with Gasteiger partial charge in [-0.15, -0.1) is 0 Å². The van der Waals surface area contributed by atoms with Gasteiger partial charge in [0.25, 0.3) is 0 Å². The number of benzene rings is 2. The molecule has 0 aromatic heterocycles. The second-order valence-electron chi connectivity index (χ2n) is 7.84. The van der Waals surface area contributed by atoms with E-state index in [-0.39, 0.29) is 34.8 Å². The van der Waals surface area contributed by atoms with E-state index in [4.69, 9.17) is 4.74 Å². The maximum atomic E-state index is 14.2. The van der Waals surface area contributed by atoms with E-state index in [1.54, 1.807) is 6.92 Å². The van der Waals surface area contributed by atoms with Crippen molar-refractivity contribution < 1.29 is 42.6 Å². The third kappa shape index (κ3) is 9.14. The van der Waals surface area contributed by atoms with Crippen LogP contribution < -0.4 is 10.6 Å². The van der Waals surface area contributed by atoms with Crippen LogP contribution in [-0.4, -0.2) is 63.3 Å². The first-order valence-electron chi connectivity index (χ1n) is 11.3. The zero-order valence-corrected chi connectivity index (χ0v) is 22.3. The van der Waals surface area contributed by atoms with Crippen molar-refractivity contribution in [2.45, 2.75) is 32.9 Å². The Bertz CT molecular complexity index is 1230. The number of hydrogen-bond acceptors (Lipinski definition) is 9. The number of phenolic OH excluding ortho intramolecular Hbond substituents is 1. The molecule has 38 heavy (non-hydrogen) atoms. The molecule has 2 aromatic rings. The SMILES string of the molecule is CCOC(=O)C(CSC(=O)C(CSC(=O)c1cc(-c2ccc(F)cc2F)ccc1O)NC(C)=O)NC(C)=O. The van der Waals surface area contributed by atoms with E-state index in [1.165, 1.54) is 38.1 Å². The molecule has 0 saturated heterocycles. The Hall–Kier alpha value is -3.45. The molecule has 0 saturated carbocycles. The van der Waals surface area contributed by atoms with Crippen molar-refractivity contribution in [3.05, 3.63) is 53.6 Å². The summed E-state index contributed by atoms with van der Waals surface area (Å²) in [7, 11) is 0. The average Bonchev–Trinajstić information content (AvgIpc) is 2.84. The molecule has 13 heteroatoms. The maximum absolute atomic E-state index is 14.2. The number of halogens is 2. The van der Waals surface area contributed by atoms with Crippen LogP contribution in [0.4, 0.5) is 8.78 Å². The fourth-order valence-electron chi connectivity index (χ4n) is 3.16. The highest BCUT2D eigenvalue weighted by molar-refractivity contribution is 8.15. The fourth-order valence-corrected chi connectivity index (χ4v) is 5.04. The average molecular weight is 569 g/mol. The van der Waals surface area contributed by atoms with Gasteiger partial charge in [0.15, 0.2) is 0 Å². The van der Waals surface area contributed by atoms with Gasteiger partial charge in [0, 0.05) is 37.0 Å². The summed E-state index contributed by atoms with van der Waals surface area (Å²) >= 11 is 1.30. The molecule has 2 amide bonds. The summed E-state index contributed by atoms with van der Waals surface area (Å²) in [6, 6.07) is 4.50. The summed E-state index contributed by atoms with van der Waals surface area (Å²) in [6.45, 7) is 4.05. The lowest BCUT2D eigenvalue weighted by Gasteiger charge is -2.19. The number of nitrogens with one attached hydrogen (secondary N) is 2. The highest BCUT2D eigenvalue weighted by Gasteiger charge is 2.27. The van der Waals surface area contributed by atoms with E-state index in [9.17, 15) is 37.9 Å². The first-order chi connectivity index (χ1) is 17.9. The summed E-state index contributed by atoms with van der Waals surface area (Å²) < 4.78 is 32.4. The van der Waals surface area contributed by atoms with E-state index in [0.29, 0.717) is 29.6 Å². The number of carbonyl (C=O) groups is 5. The zero-order valence-electron chi connectivity index (χ0n) is 20.7. The molecule has 3 N–H and O–H groups in total. The molecule has 0 radical (unpaired) electrons. The third-order valence-electron chi connectivity index (χ3n) is 4.84. The third-order valence-corrected chi connectivity index (χ3v) is 6.89. The molecule has 2 aromatic carbocycles. The Labute approximate surface area is 226 Å². The maximum Gasteiger partial charge on any atom is 0.329 e. The molecule has 9 nitrogen and oxygen atoms in total. The predicted octanol–water partition coefficient (Wildman–Crippen LogP) is 3.04. The second kappa shape index (κ2) is 14.5. The quantitative estimate of drug-likeness (QED) is 0.349. The number of phenols is 1. The summed E-state index contributed by atoms with van der Waals surface area (Å²) in [6.07, 6.45) is 0. The van der Waals surface area contributed by atoms with Crippen LogP contribution >= 0.6 is 23.5 Å². The number of aromatic hydroxyl groups is 1. The van der Waals surface area contributed by atoms with E-state index >= 15 is 0 Å². The monoisotopic (exact) mass is 568 g/mol. The summed E-state index contributed by atoms with van der Waals surface area (Å²) in [4.78, 5) is 60.8. The van der Waals surface area contributed by atoms with Gasteiger partial charge in [0.2, 0.25) is 22.0 Å². The van der Waals surface area contributed by atoms with Gasteiger partial charge in [-0.3, -0.25) is 19.2 Å². The van der Waals surface area contributed by atoms with Crippen LogP contribution in [0.1, 0.15) is 31.1 Å². The predicted molar refractivity (Wildman–Crippen MR) is 140 cm³/mol. The Morgan fingerprint density at radius 1 is 0.921 bits per heavy atom. The molecule has 0 heterocycles. The van der Waals surface area contributed by atoms with Crippen molar-refractivity contribution in [2.24, 2.45) is 0 Å². The number of carbonyl (C=O) groups excluding carboxylic acids is 5. The van der Waals surface area contributed by atoms with Gasteiger partial charge in [0.1, 0.15) is 29.5 Å². The Morgan fingerprint density at radius 2 is 1.55 bits per heavy atom. The van der Waals surface area contributed by atoms with Gasteiger partial charge >= 0.3 is 5.97 Å². The van der Waals surface area contributed by atoms with Crippen LogP contribution in [0, 0.1) is 11.6 Å². The highest BCUT2D eigenvalue weighted by atomic mass is 32.2. The smallest absolute Gasteiger partial charge is 0.329 e. The Balaban J connectivity index is 2.14. The first-order valence-corrected chi connectivity index (χ1v) is 13.2. The van der Waals surface area contributed by atoms with E-state index in [0.717, 1.165) is 6.07 Å². The van der Waals surface area contributed by atoms with Crippen molar-refractivity contribution in [1.29, 1.82) is 0 Å². The highest BCUT2D eigenvalue weighted by Crippen LogP contribution is 2.31. The van der Waals surface area contributed by atoms with Crippen molar-refractivity contribution in [3.63, 3.8) is 0 Å². The topological polar surface area (TPSA) is 139 Å². The van der Waals surface area contributed by atoms with Gasteiger partial charge in [-0.1, -0.05) is 29.6 Å². The van der Waals surface area contributed by atoms with Crippen molar-refractivity contribution in [2.75, 3.05) is 18.1 Å². The minimum atomic E-state index is -1.15. The molecule has 204 valence electrons. The van der Waals surface area contributed by atoms with Crippen LogP contribution in [0.3, 0.4) is 0 Å². The number of rotatable bonds is 11. The van der Waals surface area contributed by atoms with E-state index < -0.39 is 57.5 Å². The molecule has 2 rings (SSSR count). The van der Waals surface area contributed by atoms with Gasteiger partial charge in [0.05, 0.1) is 12.2 Å². The summed E-state index contributed by atoms with van der Waals surface area (Å²) in [5.74, 6) is -4.17. The van der Waals surface area contributed by atoms with Crippen molar-refractivity contribution in [1.82, 2.24) is 10.6 Å². The number of amides is 2. The lowest BCUT2D eigenvalue weighted by atomic mass is 10.0. The van der Waals surface area contributed by atoms with Crippen LogP contribution in [0.2, 0.25) is 0 Å². The fraction of sp³-hybridized carbons (Fsp3) is 0.320. The molecule has 0 bridgehead atoms. The minimum Gasteiger partial charge on any atom is -0.507 e. The Morgan fingerprint density at radius 3 is 2.16 bits per heavy atom.